The number of rotatable bonds is 14. The first-order valence-electron chi connectivity index (χ1n) is 14.3. The third kappa shape index (κ3) is 7.62. The van der Waals surface area contributed by atoms with Crippen LogP contribution in [-0.2, 0) is 12.8 Å². The van der Waals surface area contributed by atoms with Gasteiger partial charge in [-0.05, 0) is 71.2 Å². The van der Waals surface area contributed by atoms with Gasteiger partial charge in [0.05, 0.1) is 0 Å². The summed E-state index contributed by atoms with van der Waals surface area (Å²) >= 11 is 1.91. The molecule has 4 aromatic carbocycles. The van der Waals surface area contributed by atoms with E-state index < -0.39 is 0 Å². The number of aryl methyl sites for hydroxylation is 2. The Morgan fingerprint density at radius 3 is 1.22 bits per heavy atom. The van der Waals surface area contributed by atoms with Crippen molar-refractivity contribution in [3.63, 3.8) is 0 Å². The van der Waals surface area contributed by atoms with Crippen molar-refractivity contribution in [1.29, 1.82) is 0 Å². The molecule has 0 bridgehead atoms. The summed E-state index contributed by atoms with van der Waals surface area (Å²) in [6, 6.07) is 36.0. The topological polar surface area (TPSA) is 0 Å². The Hall–Kier alpha value is -2.77. The normalized spacial score (nSPS) is 11.1. The zero-order chi connectivity index (χ0) is 25.7. The highest BCUT2D eigenvalue weighted by molar-refractivity contribution is 7.99. The van der Waals surface area contributed by atoms with Crippen molar-refractivity contribution in [3.05, 3.63) is 108 Å². The van der Waals surface area contributed by atoms with E-state index in [0.717, 1.165) is 12.8 Å². The van der Waals surface area contributed by atoms with Crippen LogP contribution < -0.4 is 0 Å². The average Bonchev–Trinajstić information content (AvgIpc) is 2.95. The van der Waals surface area contributed by atoms with Crippen LogP contribution in [0.3, 0.4) is 0 Å². The van der Waals surface area contributed by atoms with Crippen LogP contribution in [0.25, 0.3) is 22.3 Å². The fourth-order valence-corrected chi connectivity index (χ4v) is 6.27. The maximum atomic E-state index is 2.32. The van der Waals surface area contributed by atoms with Crippen LogP contribution in [0.2, 0.25) is 0 Å². The van der Waals surface area contributed by atoms with Crippen LogP contribution in [0.5, 0.6) is 0 Å². The molecule has 4 aromatic rings. The third-order valence-corrected chi connectivity index (χ3v) is 8.36. The van der Waals surface area contributed by atoms with E-state index in [-0.39, 0.29) is 0 Å². The summed E-state index contributed by atoms with van der Waals surface area (Å²) in [4.78, 5) is 2.66. The Morgan fingerprint density at radius 2 is 0.784 bits per heavy atom. The highest BCUT2D eigenvalue weighted by Gasteiger charge is 2.14. The smallest absolute Gasteiger partial charge is 0.0201 e. The van der Waals surface area contributed by atoms with E-state index in [1.165, 1.54) is 94.5 Å². The van der Waals surface area contributed by atoms with Gasteiger partial charge >= 0.3 is 0 Å². The lowest BCUT2D eigenvalue weighted by molar-refractivity contribution is 0.667. The number of benzene rings is 4. The molecule has 0 spiro atoms. The van der Waals surface area contributed by atoms with E-state index in [2.05, 4.69) is 111 Å². The van der Waals surface area contributed by atoms with Gasteiger partial charge in [0.15, 0.2) is 0 Å². The summed E-state index contributed by atoms with van der Waals surface area (Å²) in [7, 11) is 0. The van der Waals surface area contributed by atoms with Crippen molar-refractivity contribution in [2.45, 2.75) is 87.8 Å². The lowest BCUT2D eigenvalue weighted by atomic mass is 9.95. The van der Waals surface area contributed by atoms with Gasteiger partial charge in [-0.1, -0.05) is 149 Å². The van der Waals surface area contributed by atoms with Gasteiger partial charge in [0, 0.05) is 9.79 Å². The standard InChI is InChI=1S/C36H42S/c1-3-5-7-9-19-29-21-11-13-23-31(29)33-25-15-17-27-35(33)37-36-28-18-16-26-34(36)32-24-14-12-22-30(32)20-10-8-6-4-2/h11-18,21-28H,3-10,19-20H2,1-2H3. The number of unbranched alkanes of at least 4 members (excludes halogenated alkanes) is 6. The van der Waals surface area contributed by atoms with Crippen LogP contribution >= 0.6 is 11.8 Å². The summed E-state index contributed by atoms with van der Waals surface area (Å²) in [5.41, 5.74) is 8.41. The highest BCUT2D eigenvalue weighted by Crippen LogP contribution is 2.42. The highest BCUT2D eigenvalue weighted by atomic mass is 32.2. The fourth-order valence-electron chi connectivity index (χ4n) is 5.16. The quantitative estimate of drug-likeness (QED) is 0.153. The van der Waals surface area contributed by atoms with E-state index in [1.54, 1.807) is 0 Å². The molecule has 192 valence electrons. The monoisotopic (exact) mass is 506 g/mol. The predicted octanol–water partition coefficient (Wildman–Crippen LogP) is 11.4. The first-order valence-corrected chi connectivity index (χ1v) is 15.2. The molecule has 0 aliphatic rings. The Balaban J connectivity index is 1.63. The van der Waals surface area contributed by atoms with Gasteiger partial charge in [0.25, 0.3) is 0 Å². The molecule has 0 N–H and O–H groups in total. The Morgan fingerprint density at radius 1 is 0.405 bits per heavy atom. The largest absolute Gasteiger partial charge is 0.0888 e. The molecule has 1 heteroatoms. The minimum atomic E-state index is 1.15. The van der Waals surface area contributed by atoms with Crippen LogP contribution in [0.4, 0.5) is 0 Å². The summed E-state index contributed by atoms with van der Waals surface area (Å²) in [6.07, 6.45) is 12.7. The molecule has 4 rings (SSSR count). The minimum absolute atomic E-state index is 1.15. The Labute approximate surface area is 229 Å². The van der Waals surface area contributed by atoms with Crippen molar-refractivity contribution in [2.75, 3.05) is 0 Å². The molecule has 37 heavy (non-hydrogen) atoms. The summed E-state index contributed by atoms with van der Waals surface area (Å²) in [5, 5.41) is 0. The minimum Gasteiger partial charge on any atom is -0.0888 e. The predicted molar refractivity (Wildman–Crippen MR) is 164 cm³/mol. The SMILES string of the molecule is CCCCCCc1ccccc1-c1ccccc1Sc1ccccc1-c1ccccc1CCCCCC. The van der Waals surface area contributed by atoms with Gasteiger partial charge in [-0.25, -0.2) is 0 Å². The van der Waals surface area contributed by atoms with E-state index in [1.807, 2.05) is 11.8 Å². The van der Waals surface area contributed by atoms with Crippen molar-refractivity contribution in [1.82, 2.24) is 0 Å². The maximum absolute atomic E-state index is 2.32. The molecule has 0 saturated heterocycles. The molecule has 0 aliphatic carbocycles. The zero-order valence-corrected chi connectivity index (χ0v) is 23.5. The lowest BCUT2D eigenvalue weighted by Crippen LogP contribution is -1.94. The molecule has 0 radical (unpaired) electrons. The average molecular weight is 507 g/mol. The Kier molecular flexibility index (Phi) is 10.9. The molecule has 0 unspecified atom stereocenters. The summed E-state index contributed by atoms with van der Waals surface area (Å²) in [5.74, 6) is 0. The van der Waals surface area contributed by atoms with Gasteiger partial charge in [-0.3, -0.25) is 0 Å². The fraction of sp³-hybridized carbons (Fsp3) is 0.333. The molecule has 0 nitrogen and oxygen atoms in total. The van der Waals surface area contributed by atoms with Gasteiger partial charge in [0.2, 0.25) is 0 Å². The summed E-state index contributed by atoms with van der Waals surface area (Å²) in [6.45, 7) is 4.56. The van der Waals surface area contributed by atoms with E-state index in [0.29, 0.717) is 0 Å². The van der Waals surface area contributed by atoms with Gasteiger partial charge in [-0.15, -0.1) is 0 Å². The van der Waals surface area contributed by atoms with Crippen molar-refractivity contribution >= 4 is 11.8 Å². The molecule has 0 saturated carbocycles. The van der Waals surface area contributed by atoms with Crippen LogP contribution in [0, 0.1) is 0 Å². The molecule has 0 atom stereocenters. The first kappa shape index (κ1) is 27.3. The van der Waals surface area contributed by atoms with E-state index in [9.17, 15) is 0 Å². The molecular formula is C36H42S. The van der Waals surface area contributed by atoms with Crippen molar-refractivity contribution in [3.8, 4) is 22.3 Å². The maximum Gasteiger partial charge on any atom is 0.0201 e. The molecular weight excluding hydrogens is 464 g/mol. The molecule has 0 heterocycles. The van der Waals surface area contributed by atoms with Gasteiger partial charge in [-0.2, -0.15) is 0 Å². The molecule has 0 aromatic heterocycles. The molecule has 0 aliphatic heterocycles. The second-order valence-electron chi connectivity index (χ2n) is 10.0. The van der Waals surface area contributed by atoms with Gasteiger partial charge in [0.1, 0.15) is 0 Å². The van der Waals surface area contributed by atoms with Crippen LogP contribution in [0.1, 0.15) is 76.3 Å². The second kappa shape index (κ2) is 14.8. The lowest BCUT2D eigenvalue weighted by Gasteiger charge is -2.17. The van der Waals surface area contributed by atoms with Crippen LogP contribution in [0.15, 0.2) is 107 Å². The third-order valence-electron chi connectivity index (χ3n) is 7.21. The number of hydrogen-bond acceptors (Lipinski definition) is 1. The van der Waals surface area contributed by atoms with Crippen LogP contribution in [-0.4, -0.2) is 0 Å². The number of hydrogen-bond donors (Lipinski definition) is 0. The second-order valence-corrected chi connectivity index (χ2v) is 11.1. The van der Waals surface area contributed by atoms with Crippen molar-refractivity contribution < 1.29 is 0 Å². The van der Waals surface area contributed by atoms with Crippen molar-refractivity contribution in [2.24, 2.45) is 0 Å². The molecule has 0 fully saturated rings. The van der Waals surface area contributed by atoms with E-state index >= 15 is 0 Å². The summed E-state index contributed by atoms with van der Waals surface area (Å²) < 4.78 is 0. The zero-order valence-electron chi connectivity index (χ0n) is 22.7. The molecule has 0 amide bonds. The van der Waals surface area contributed by atoms with E-state index in [4.69, 9.17) is 0 Å². The van der Waals surface area contributed by atoms with Gasteiger partial charge < -0.3 is 0 Å². The Bertz CT molecular complexity index is 1140. The first-order chi connectivity index (χ1) is 18.3.